The van der Waals surface area contributed by atoms with E-state index < -0.39 is 5.23 Å². The SMILES string of the molecule is CC(C)CCN(CCC(C)C)C(=O)Nc1cc(N([O-])[O-])cc(N(O)O)c1. The Kier molecular flexibility index (Phi) is 8.59. The lowest BCUT2D eigenvalue weighted by atomic mass is 10.1. The smallest absolute Gasteiger partial charge is 0.321 e. The van der Waals surface area contributed by atoms with Crippen molar-refractivity contribution in [2.24, 2.45) is 11.8 Å². The third kappa shape index (κ3) is 7.44. The Morgan fingerprint density at radius 1 is 1.00 bits per heavy atom. The van der Waals surface area contributed by atoms with Gasteiger partial charge < -0.3 is 25.9 Å². The van der Waals surface area contributed by atoms with Gasteiger partial charge in [-0.05, 0) is 42.9 Å². The monoisotopic (exact) mass is 368 g/mol. The molecule has 0 radical (unpaired) electrons. The molecule has 0 aromatic heterocycles. The van der Waals surface area contributed by atoms with E-state index in [2.05, 4.69) is 33.0 Å². The minimum absolute atomic E-state index is 0.117. The van der Waals surface area contributed by atoms with Gasteiger partial charge in [0.15, 0.2) is 0 Å². The highest BCUT2D eigenvalue weighted by atomic mass is 16.8. The average molecular weight is 368 g/mol. The summed E-state index contributed by atoms with van der Waals surface area (Å²) >= 11 is 0. The number of carbonyl (C=O) groups excluding carboxylic acids is 1. The van der Waals surface area contributed by atoms with E-state index in [4.69, 9.17) is 10.4 Å². The molecule has 9 nitrogen and oxygen atoms in total. The number of nitrogens with zero attached hydrogens (tertiary/aromatic N) is 3. The molecule has 0 aliphatic carbocycles. The van der Waals surface area contributed by atoms with Crippen LogP contribution >= 0.6 is 0 Å². The highest BCUT2D eigenvalue weighted by molar-refractivity contribution is 5.91. The summed E-state index contributed by atoms with van der Waals surface area (Å²) < 4.78 is 0. The van der Waals surface area contributed by atoms with Crippen LogP contribution in [0.1, 0.15) is 40.5 Å². The Hall–Kier alpha value is -2.07. The van der Waals surface area contributed by atoms with Crippen molar-refractivity contribution in [3.63, 3.8) is 0 Å². The maximum atomic E-state index is 12.6. The molecule has 0 aliphatic rings. The topological polar surface area (TPSA) is 125 Å². The van der Waals surface area contributed by atoms with Crippen LogP contribution in [-0.2, 0) is 0 Å². The van der Waals surface area contributed by atoms with Crippen LogP contribution < -0.4 is 15.8 Å². The molecule has 0 heterocycles. The van der Waals surface area contributed by atoms with Crippen LogP contribution in [0.5, 0.6) is 0 Å². The third-order valence-corrected chi connectivity index (χ3v) is 3.84. The first-order chi connectivity index (χ1) is 12.1. The number of amides is 2. The van der Waals surface area contributed by atoms with E-state index in [1.165, 1.54) is 12.1 Å². The molecule has 1 aromatic carbocycles. The van der Waals surface area contributed by atoms with E-state index in [-0.39, 0.29) is 28.3 Å². The molecular formula is C17H28N4O5-2. The van der Waals surface area contributed by atoms with Gasteiger partial charge in [0.1, 0.15) is 0 Å². The Balaban J connectivity index is 2.95. The molecule has 0 unspecified atom stereocenters. The molecule has 1 rings (SSSR count). The molecular weight excluding hydrogens is 340 g/mol. The van der Waals surface area contributed by atoms with Crippen LogP contribution in [0.4, 0.5) is 21.9 Å². The number of hydrogen-bond acceptors (Lipinski definition) is 7. The maximum absolute atomic E-state index is 12.6. The van der Waals surface area contributed by atoms with Crippen molar-refractivity contribution in [2.45, 2.75) is 40.5 Å². The molecule has 2 amide bonds. The Bertz CT molecular complexity index is 540. The quantitative estimate of drug-likeness (QED) is 0.562. The minimum Gasteiger partial charge on any atom is -0.769 e. The lowest BCUT2D eigenvalue weighted by Gasteiger charge is -2.38. The van der Waals surface area contributed by atoms with Crippen LogP contribution in [0.2, 0.25) is 0 Å². The maximum Gasteiger partial charge on any atom is 0.321 e. The van der Waals surface area contributed by atoms with Crippen molar-refractivity contribution in [2.75, 3.05) is 28.9 Å². The van der Waals surface area contributed by atoms with Crippen molar-refractivity contribution in [3.8, 4) is 0 Å². The van der Waals surface area contributed by atoms with Crippen LogP contribution in [0.25, 0.3) is 0 Å². The Morgan fingerprint density at radius 3 is 1.92 bits per heavy atom. The second-order valence-electron chi connectivity index (χ2n) is 7.07. The highest BCUT2D eigenvalue weighted by Gasteiger charge is 2.16. The summed E-state index contributed by atoms with van der Waals surface area (Å²) in [5.41, 5.74) is -0.460. The van der Waals surface area contributed by atoms with E-state index in [0.29, 0.717) is 24.9 Å². The van der Waals surface area contributed by atoms with Crippen molar-refractivity contribution in [3.05, 3.63) is 28.6 Å². The largest absolute Gasteiger partial charge is 0.769 e. The van der Waals surface area contributed by atoms with Crippen LogP contribution in [0.15, 0.2) is 18.2 Å². The normalized spacial score (nSPS) is 11.0. The van der Waals surface area contributed by atoms with E-state index >= 15 is 0 Å². The fourth-order valence-electron chi connectivity index (χ4n) is 2.23. The third-order valence-electron chi connectivity index (χ3n) is 3.84. The van der Waals surface area contributed by atoms with Crippen molar-refractivity contribution in [1.82, 2.24) is 4.90 Å². The van der Waals surface area contributed by atoms with Gasteiger partial charge in [0, 0.05) is 24.5 Å². The van der Waals surface area contributed by atoms with Crippen molar-refractivity contribution in [1.29, 1.82) is 0 Å². The predicted molar refractivity (Wildman–Crippen MR) is 101 cm³/mol. The lowest BCUT2D eigenvalue weighted by molar-refractivity contribution is 0.0292. The summed E-state index contributed by atoms with van der Waals surface area (Å²) in [5.74, 6) is 0.872. The lowest BCUT2D eigenvalue weighted by Crippen LogP contribution is -2.37. The number of hydrogen-bond donors (Lipinski definition) is 3. The summed E-state index contributed by atoms with van der Waals surface area (Å²) in [5, 5.41) is 42.0. The van der Waals surface area contributed by atoms with E-state index in [9.17, 15) is 15.2 Å². The van der Waals surface area contributed by atoms with Gasteiger partial charge in [-0.25, -0.2) is 4.79 Å². The van der Waals surface area contributed by atoms with Gasteiger partial charge in [-0.2, -0.15) is 0 Å². The van der Waals surface area contributed by atoms with Gasteiger partial charge in [0.2, 0.25) is 0 Å². The average Bonchev–Trinajstić information content (AvgIpc) is 2.53. The molecule has 0 bridgehead atoms. The van der Waals surface area contributed by atoms with Crippen LogP contribution in [0.3, 0.4) is 0 Å². The first kappa shape index (κ1) is 22.0. The van der Waals surface area contributed by atoms with Gasteiger partial charge in [0.25, 0.3) is 0 Å². The van der Waals surface area contributed by atoms with Gasteiger partial charge in [-0.1, -0.05) is 27.7 Å². The van der Waals surface area contributed by atoms with Gasteiger partial charge >= 0.3 is 6.03 Å². The van der Waals surface area contributed by atoms with Crippen molar-refractivity contribution < 1.29 is 15.2 Å². The fourth-order valence-corrected chi connectivity index (χ4v) is 2.23. The molecule has 0 saturated carbocycles. The molecule has 3 N–H and O–H groups in total. The Morgan fingerprint density at radius 2 is 1.50 bits per heavy atom. The number of benzene rings is 1. The molecule has 0 saturated heterocycles. The number of urea groups is 1. The number of rotatable bonds is 9. The summed E-state index contributed by atoms with van der Waals surface area (Å²) in [6, 6.07) is 3.03. The zero-order valence-corrected chi connectivity index (χ0v) is 15.7. The predicted octanol–water partition coefficient (Wildman–Crippen LogP) is 4.00. The molecule has 0 atom stereocenters. The molecule has 0 spiro atoms. The summed E-state index contributed by atoms with van der Waals surface area (Å²) in [6.07, 6.45) is 1.68. The van der Waals surface area contributed by atoms with Gasteiger partial charge in [-0.3, -0.25) is 10.4 Å². The first-order valence-electron chi connectivity index (χ1n) is 8.63. The zero-order chi connectivity index (χ0) is 19.9. The van der Waals surface area contributed by atoms with Crippen LogP contribution in [-0.4, -0.2) is 34.4 Å². The first-order valence-corrected chi connectivity index (χ1v) is 8.63. The standard InChI is InChI=1S/C17H28N4O5/c1-12(2)5-7-19(8-6-13(3)4)17(22)18-14-9-15(20(23)24)11-16(10-14)21(25)26/h9-13,23-24H,5-8H2,1-4H3,(H,18,22)/q-2. The number of carbonyl (C=O) groups is 1. The molecule has 0 aliphatic heterocycles. The fraction of sp³-hybridized carbons (Fsp3) is 0.588. The van der Waals surface area contributed by atoms with E-state index in [1.807, 2.05) is 0 Å². The zero-order valence-electron chi connectivity index (χ0n) is 15.7. The summed E-state index contributed by atoms with van der Waals surface area (Å²) in [4.78, 5) is 14.3. The second kappa shape index (κ2) is 10.2. The minimum atomic E-state index is -0.669. The molecule has 1 aromatic rings. The number of nitrogens with one attached hydrogen (secondary N) is 1. The van der Waals surface area contributed by atoms with E-state index in [1.54, 1.807) is 4.90 Å². The molecule has 148 valence electrons. The van der Waals surface area contributed by atoms with Crippen LogP contribution in [0, 0.1) is 22.3 Å². The highest BCUT2D eigenvalue weighted by Crippen LogP contribution is 2.26. The summed E-state index contributed by atoms with van der Waals surface area (Å²) in [6.45, 7) is 9.43. The van der Waals surface area contributed by atoms with Crippen molar-refractivity contribution >= 4 is 23.1 Å². The number of anilines is 3. The second-order valence-corrected chi connectivity index (χ2v) is 7.07. The van der Waals surface area contributed by atoms with E-state index in [0.717, 1.165) is 18.9 Å². The van der Waals surface area contributed by atoms with Gasteiger partial charge in [0.05, 0.1) is 5.69 Å². The summed E-state index contributed by atoms with van der Waals surface area (Å²) in [7, 11) is 0. The molecule has 26 heavy (non-hydrogen) atoms. The van der Waals surface area contributed by atoms with Gasteiger partial charge in [-0.15, -0.1) is 5.23 Å². The molecule has 0 fully saturated rings. The Labute approximate surface area is 153 Å². The molecule has 9 heteroatoms.